The summed E-state index contributed by atoms with van der Waals surface area (Å²) < 4.78 is 0. The lowest BCUT2D eigenvalue weighted by Crippen LogP contribution is -2.39. The maximum absolute atomic E-state index is 5.88. The van der Waals surface area contributed by atoms with Gasteiger partial charge in [0.15, 0.2) is 0 Å². The van der Waals surface area contributed by atoms with Crippen LogP contribution in [0.15, 0.2) is 5.38 Å². The number of aryl methyl sites for hydroxylation is 1. The van der Waals surface area contributed by atoms with Crippen molar-refractivity contribution in [3.63, 3.8) is 0 Å². The van der Waals surface area contributed by atoms with Crippen molar-refractivity contribution in [2.45, 2.75) is 38.8 Å². The van der Waals surface area contributed by atoms with Crippen molar-refractivity contribution in [3.8, 4) is 0 Å². The summed E-state index contributed by atoms with van der Waals surface area (Å²) in [5.74, 6) is 0. The molecule has 16 heavy (non-hydrogen) atoms. The Kier molecular flexibility index (Phi) is 5.69. The largest absolute Gasteiger partial charge is 0.328 e. The molecule has 1 saturated heterocycles. The van der Waals surface area contributed by atoms with Gasteiger partial charge in [0.1, 0.15) is 5.01 Å². The van der Waals surface area contributed by atoms with Gasteiger partial charge < -0.3 is 5.73 Å². The van der Waals surface area contributed by atoms with Crippen LogP contribution in [0.4, 0.5) is 0 Å². The van der Waals surface area contributed by atoms with Gasteiger partial charge in [-0.05, 0) is 19.3 Å². The number of hydrogen-bond donors (Lipinski definition) is 1. The highest BCUT2D eigenvalue weighted by molar-refractivity contribution is 7.09. The Balaban J connectivity index is 0.00000128. The average Bonchev–Trinajstić information content (AvgIpc) is 2.69. The molecular formula is C11H20ClN3S. The summed E-state index contributed by atoms with van der Waals surface area (Å²) in [6.45, 7) is 5.42. The molecule has 5 heteroatoms. The Hall–Kier alpha value is -0.160. The lowest BCUT2D eigenvalue weighted by atomic mass is 10.1. The number of thiazole rings is 1. The van der Waals surface area contributed by atoms with E-state index in [1.807, 2.05) is 0 Å². The number of aromatic nitrogens is 1. The van der Waals surface area contributed by atoms with E-state index in [1.54, 1.807) is 11.3 Å². The Labute approximate surface area is 107 Å². The summed E-state index contributed by atoms with van der Waals surface area (Å²) in [6.07, 6.45) is 3.30. The van der Waals surface area contributed by atoms with E-state index in [0.717, 1.165) is 38.9 Å². The molecule has 1 aromatic heterocycles. The molecule has 92 valence electrons. The predicted molar refractivity (Wildman–Crippen MR) is 71.2 cm³/mol. The van der Waals surface area contributed by atoms with E-state index >= 15 is 0 Å². The van der Waals surface area contributed by atoms with Gasteiger partial charge >= 0.3 is 0 Å². The van der Waals surface area contributed by atoms with Crippen molar-refractivity contribution in [1.82, 2.24) is 9.88 Å². The van der Waals surface area contributed by atoms with Crippen molar-refractivity contribution in [3.05, 3.63) is 16.1 Å². The van der Waals surface area contributed by atoms with E-state index in [0.29, 0.717) is 6.04 Å². The fraction of sp³-hybridized carbons (Fsp3) is 0.727. The molecule has 3 nitrogen and oxygen atoms in total. The normalized spacial score (nSPS) is 18.4. The molecule has 0 aliphatic carbocycles. The summed E-state index contributed by atoms with van der Waals surface area (Å²) in [5.41, 5.74) is 7.10. The fourth-order valence-corrected chi connectivity index (χ4v) is 2.80. The zero-order valence-electron chi connectivity index (χ0n) is 9.69. The molecule has 0 unspecified atom stereocenters. The summed E-state index contributed by atoms with van der Waals surface area (Å²) in [7, 11) is 0. The highest BCUT2D eigenvalue weighted by Gasteiger charge is 2.16. The number of likely N-dealkylation sites (tertiary alicyclic amines) is 1. The van der Waals surface area contributed by atoms with Gasteiger partial charge in [0.05, 0.1) is 12.2 Å². The van der Waals surface area contributed by atoms with Crippen LogP contribution in [0.25, 0.3) is 0 Å². The van der Waals surface area contributed by atoms with Gasteiger partial charge in [-0.2, -0.15) is 0 Å². The molecule has 1 fully saturated rings. The topological polar surface area (TPSA) is 42.1 Å². The zero-order chi connectivity index (χ0) is 10.7. The van der Waals surface area contributed by atoms with Crippen LogP contribution in [-0.4, -0.2) is 29.0 Å². The van der Waals surface area contributed by atoms with Crippen molar-refractivity contribution in [1.29, 1.82) is 0 Å². The van der Waals surface area contributed by atoms with Gasteiger partial charge in [-0.25, -0.2) is 4.98 Å². The van der Waals surface area contributed by atoms with Gasteiger partial charge in [0.2, 0.25) is 0 Å². The second-order valence-corrected chi connectivity index (χ2v) is 5.14. The third kappa shape index (κ3) is 3.70. The first-order chi connectivity index (χ1) is 7.28. The Morgan fingerprint density at radius 2 is 2.19 bits per heavy atom. The van der Waals surface area contributed by atoms with Crippen LogP contribution in [-0.2, 0) is 13.0 Å². The standard InChI is InChI=1S/C11H19N3S.ClH/c1-2-10-8-15-11(13-10)7-14-5-3-9(12)4-6-14;/h8-9H,2-7,12H2,1H3;1H. The van der Waals surface area contributed by atoms with Gasteiger partial charge in [-0.3, -0.25) is 4.90 Å². The molecule has 2 N–H and O–H groups in total. The molecule has 0 radical (unpaired) electrons. The monoisotopic (exact) mass is 261 g/mol. The molecule has 1 aliphatic heterocycles. The Morgan fingerprint density at radius 1 is 1.50 bits per heavy atom. The third-order valence-corrected chi connectivity index (χ3v) is 3.84. The van der Waals surface area contributed by atoms with Gasteiger partial charge in [-0.1, -0.05) is 6.92 Å². The molecule has 0 atom stereocenters. The van der Waals surface area contributed by atoms with E-state index in [1.165, 1.54) is 10.7 Å². The average molecular weight is 262 g/mol. The first-order valence-electron chi connectivity index (χ1n) is 5.69. The quantitative estimate of drug-likeness (QED) is 0.906. The van der Waals surface area contributed by atoms with Crippen molar-refractivity contribution in [2.24, 2.45) is 5.73 Å². The van der Waals surface area contributed by atoms with Gasteiger partial charge in [-0.15, -0.1) is 23.7 Å². The smallest absolute Gasteiger partial charge is 0.107 e. The maximum atomic E-state index is 5.88. The molecule has 1 aliphatic rings. The van der Waals surface area contributed by atoms with Crippen LogP contribution in [0.5, 0.6) is 0 Å². The Morgan fingerprint density at radius 3 is 2.75 bits per heavy atom. The van der Waals surface area contributed by atoms with Crippen LogP contribution in [0.2, 0.25) is 0 Å². The first kappa shape index (κ1) is 13.9. The minimum atomic E-state index is 0. The van der Waals surface area contributed by atoms with Gasteiger partial charge in [0, 0.05) is 24.5 Å². The van der Waals surface area contributed by atoms with E-state index in [2.05, 4.69) is 22.2 Å². The van der Waals surface area contributed by atoms with Crippen LogP contribution in [0.1, 0.15) is 30.5 Å². The highest BCUT2D eigenvalue weighted by Crippen LogP contribution is 2.16. The van der Waals surface area contributed by atoms with E-state index in [4.69, 9.17) is 5.73 Å². The highest BCUT2D eigenvalue weighted by atomic mass is 35.5. The summed E-state index contributed by atoms with van der Waals surface area (Å²) in [6, 6.07) is 0.420. The number of hydrogen-bond acceptors (Lipinski definition) is 4. The minimum absolute atomic E-state index is 0. The SMILES string of the molecule is CCc1csc(CN2CCC(N)CC2)n1.Cl. The lowest BCUT2D eigenvalue weighted by molar-refractivity contribution is 0.205. The molecule has 0 amide bonds. The predicted octanol–water partition coefficient (Wildman–Crippen LogP) is 2.05. The number of nitrogens with zero attached hydrogens (tertiary/aromatic N) is 2. The molecule has 0 spiro atoms. The molecule has 0 aromatic carbocycles. The minimum Gasteiger partial charge on any atom is -0.328 e. The van der Waals surface area contributed by atoms with Crippen LogP contribution in [0.3, 0.4) is 0 Å². The van der Waals surface area contributed by atoms with Crippen LogP contribution >= 0.6 is 23.7 Å². The van der Waals surface area contributed by atoms with Crippen molar-refractivity contribution >= 4 is 23.7 Å². The van der Waals surface area contributed by atoms with E-state index in [9.17, 15) is 0 Å². The molecule has 0 bridgehead atoms. The number of nitrogens with two attached hydrogens (primary N) is 1. The second-order valence-electron chi connectivity index (χ2n) is 4.20. The second kappa shape index (κ2) is 6.55. The summed E-state index contributed by atoms with van der Waals surface area (Å²) in [4.78, 5) is 7.05. The summed E-state index contributed by atoms with van der Waals surface area (Å²) >= 11 is 1.78. The number of rotatable bonds is 3. The third-order valence-electron chi connectivity index (χ3n) is 2.95. The fourth-order valence-electron chi connectivity index (χ4n) is 1.89. The van der Waals surface area contributed by atoms with Crippen molar-refractivity contribution < 1.29 is 0 Å². The molecule has 2 heterocycles. The first-order valence-corrected chi connectivity index (χ1v) is 6.57. The number of halogens is 1. The van der Waals surface area contributed by atoms with Crippen LogP contribution in [0, 0.1) is 0 Å². The van der Waals surface area contributed by atoms with E-state index < -0.39 is 0 Å². The molecular weight excluding hydrogens is 242 g/mol. The lowest BCUT2D eigenvalue weighted by Gasteiger charge is -2.29. The number of piperidine rings is 1. The van der Waals surface area contributed by atoms with Gasteiger partial charge in [0.25, 0.3) is 0 Å². The Bertz CT molecular complexity index is 308. The maximum Gasteiger partial charge on any atom is 0.107 e. The van der Waals surface area contributed by atoms with Crippen molar-refractivity contribution in [2.75, 3.05) is 13.1 Å². The van der Waals surface area contributed by atoms with Crippen LogP contribution < -0.4 is 5.73 Å². The molecule has 0 saturated carbocycles. The van der Waals surface area contributed by atoms with E-state index in [-0.39, 0.29) is 12.4 Å². The zero-order valence-corrected chi connectivity index (χ0v) is 11.3. The molecule has 1 aromatic rings. The molecule has 2 rings (SSSR count). The summed E-state index contributed by atoms with van der Waals surface area (Å²) in [5, 5.41) is 3.42.